The highest BCUT2D eigenvalue weighted by molar-refractivity contribution is 14.0. The molecule has 7 nitrogen and oxygen atoms in total. The zero-order chi connectivity index (χ0) is 21.3. The number of piperazine rings is 1. The highest BCUT2D eigenvalue weighted by atomic mass is 127. The first-order valence-corrected chi connectivity index (χ1v) is 12.4. The van der Waals surface area contributed by atoms with Crippen LogP contribution in [0.2, 0.25) is 0 Å². The smallest absolute Gasteiger partial charge is 0.193 e. The van der Waals surface area contributed by atoms with E-state index in [1.807, 2.05) is 0 Å². The first-order valence-electron chi connectivity index (χ1n) is 10.3. The Kier molecular flexibility index (Phi) is 12.2. The molecule has 172 valence electrons. The lowest BCUT2D eigenvalue weighted by Crippen LogP contribution is -2.52. The van der Waals surface area contributed by atoms with E-state index in [-0.39, 0.29) is 36.3 Å². The first kappa shape index (κ1) is 27.1. The molecule has 30 heavy (non-hydrogen) atoms. The molecule has 0 amide bonds. The summed E-state index contributed by atoms with van der Waals surface area (Å²) in [6.07, 6.45) is 1.22. The maximum Gasteiger partial charge on any atom is 0.193 e. The minimum atomic E-state index is -2.97. The van der Waals surface area contributed by atoms with Crippen LogP contribution in [0.15, 0.2) is 29.3 Å². The highest BCUT2D eigenvalue weighted by Gasteiger charge is 2.19. The summed E-state index contributed by atoms with van der Waals surface area (Å²) in [5.74, 6) is 1.50. The third-order valence-corrected chi connectivity index (χ3v) is 5.97. The summed E-state index contributed by atoms with van der Waals surface area (Å²) in [5, 5.41) is 3.30. The number of sulfone groups is 1. The molecule has 1 N–H and O–H groups in total. The van der Waals surface area contributed by atoms with Crippen LogP contribution < -0.4 is 5.32 Å². The molecule has 1 heterocycles. The van der Waals surface area contributed by atoms with Gasteiger partial charge in [-0.05, 0) is 17.0 Å². The van der Waals surface area contributed by atoms with Crippen molar-refractivity contribution in [3.05, 3.63) is 35.4 Å². The van der Waals surface area contributed by atoms with Gasteiger partial charge in [0.2, 0.25) is 0 Å². The Morgan fingerprint density at radius 2 is 1.77 bits per heavy atom. The average Bonchev–Trinajstić information content (AvgIpc) is 2.68. The van der Waals surface area contributed by atoms with Gasteiger partial charge in [-0.3, -0.25) is 9.89 Å². The van der Waals surface area contributed by atoms with Gasteiger partial charge >= 0.3 is 0 Å². The van der Waals surface area contributed by atoms with Gasteiger partial charge in [0.1, 0.15) is 9.84 Å². The number of benzene rings is 1. The molecule has 1 aromatic carbocycles. The molecule has 2 rings (SSSR count). The van der Waals surface area contributed by atoms with Crippen molar-refractivity contribution in [1.29, 1.82) is 0 Å². The molecule has 1 aliphatic heterocycles. The fourth-order valence-corrected chi connectivity index (χ4v) is 3.68. The van der Waals surface area contributed by atoms with Gasteiger partial charge in [-0.15, -0.1) is 24.0 Å². The zero-order valence-electron chi connectivity index (χ0n) is 18.6. The van der Waals surface area contributed by atoms with Gasteiger partial charge in [0, 0.05) is 52.6 Å². The van der Waals surface area contributed by atoms with E-state index < -0.39 is 9.84 Å². The van der Waals surface area contributed by atoms with Crippen molar-refractivity contribution in [2.75, 3.05) is 65.0 Å². The lowest BCUT2D eigenvalue weighted by Gasteiger charge is -2.36. The number of rotatable bonds is 9. The number of guanidine groups is 1. The minimum absolute atomic E-state index is 0. The Morgan fingerprint density at radius 3 is 2.30 bits per heavy atom. The number of nitrogens with one attached hydrogen (secondary N) is 1. The van der Waals surface area contributed by atoms with E-state index >= 15 is 0 Å². The van der Waals surface area contributed by atoms with Gasteiger partial charge in [-0.25, -0.2) is 8.42 Å². The van der Waals surface area contributed by atoms with Gasteiger partial charge in [-0.2, -0.15) is 0 Å². The lowest BCUT2D eigenvalue weighted by atomic mass is 10.0. The van der Waals surface area contributed by atoms with Crippen molar-refractivity contribution in [1.82, 2.24) is 15.1 Å². The molecular formula is C21H37IN4O3S. The SMILES string of the molecule is CN=C(NCCOCCS(C)(=O)=O)N1CCN(Cc2ccc(C(C)C)cc2)CC1.I. The Morgan fingerprint density at radius 1 is 1.13 bits per heavy atom. The van der Waals surface area contributed by atoms with Crippen LogP contribution in [-0.2, 0) is 21.1 Å². The third-order valence-electron chi connectivity index (χ3n) is 5.06. The second-order valence-corrected chi connectivity index (χ2v) is 10.1. The molecule has 0 radical (unpaired) electrons. The summed E-state index contributed by atoms with van der Waals surface area (Å²) in [5.41, 5.74) is 2.74. The predicted molar refractivity (Wildman–Crippen MR) is 135 cm³/mol. The quantitative estimate of drug-likeness (QED) is 0.219. The van der Waals surface area contributed by atoms with E-state index in [0.29, 0.717) is 19.1 Å². The largest absolute Gasteiger partial charge is 0.379 e. The molecule has 1 aromatic rings. The molecule has 0 bridgehead atoms. The maximum atomic E-state index is 11.1. The number of ether oxygens (including phenoxy) is 1. The number of halogens is 1. The molecule has 0 aromatic heterocycles. The van der Waals surface area contributed by atoms with Crippen LogP contribution in [0, 0.1) is 0 Å². The number of hydrogen-bond acceptors (Lipinski definition) is 5. The van der Waals surface area contributed by atoms with Crippen molar-refractivity contribution < 1.29 is 13.2 Å². The lowest BCUT2D eigenvalue weighted by molar-refractivity contribution is 0.150. The van der Waals surface area contributed by atoms with Crippen LogP contribution in [0.1, 0.15) is 30.9 Å². The van der Waals surface area contributed by atoms with Gasteiger partial charge < -0.3 is 15.0 Å². The molecule has 9 heteroatoms. The molecular weight excluding hydrogens is 515 g/mol. The molecule has 0 atom stereocenters. The maximum absolute atomic E-state index is 11.1. The Balaban J connectivity index is 0.00000450. The Bertz CT molecular complexity index is 746. The summed E-state index contributed by atoms with van der Waals surface area (Å²) in [4.78, 5) is 9.10. The van der Waals surface area contributed by atoms with Crippen molar-refractivity contribution in [3.63, 3.8) is 0 Å². The van der Waals surface area contributed by atoms with E-state index in [1.165, 1.54) is 17.4 Å². The zero-order valence-corrected chi connectivity index (χ0v) is 21.8. The first-order chi connectivity index (χ1) is 13.8. The predicted octanol–water partition coefficient (Wildman–Crippen LogP) is 2.18. The average molecular weight is 553 g/mol. The van der Waals surface area contributed by atoms with Gasteiger partial charge in [0.25, 0.3) is 0 Å². The minimum Gasteiger partial charge on any atom is -0.379 e. The summed E-state index contributed by atoms with van der Waals surface area (Å²) in [6.45, 7) is 10.6. The van der Waals surface area contributed by atoms with E-state index in [0.717, 1.165) is 38.7 Å². The second kappa shape index (κ2) is 13.5. The van der Waals surface area contributed by atoms with Crippen LogP contribution in [0.3, 0.4) is 0 Å². The van der Waals surface area contributed by atoms with Crippen molar-refractivity contribution in [2.24, 2.45) is 4.99 Å². The van der Waals surface area contributed by atoms with Crippen molar-refractivity contribution >= 4 is 39.8 Å². The fraction of sp³-hybridized carbons (Fsp3) is 0.667. The summed E-state index contributed by atoms with van der Waals surface area (Å²) < 4.78 is 27.5. The standard InChI is InChI=1S/C21H36N4O3S.HI/c1-18(2)20-7-5-19(6-8-20)17-24-10-12-25(13-11-24)21(22-3)23-9-14-28-15-16-29(4,26)27;/h5-8,18H,9-17H2,1-4H3,(H,22,23);1H. The Labute approximate surface area is 199 Å². The topological polar surface area (TPSA) is 74.2 Å². The molecule has 0 spiro atoms. The number of nitrogens with zero attached hydrogens (tertiary/aromatic N) is 3. The fourth-order valence-electron chi connectivity index (χ4n) is 3.26. The molecule has 1 fully saturated rings. The van der Waals surface area contributed by atoms with Crippen LogP contribution in [-0.4, -0.2) is 89.2 Å². The van der Waals surface area contributed by atoms with Crippen molar-refractivity contribution in [3.8, 4) is 0 Å². The molecule has 1 saturated heterocycles. The van der Waals surface area contributed by atoms with E-state index in [9.17, 15) is 8.42 Å². The molecule has 0 saturated carbocycles. The Hall–Kier alpha value is -0.910. The normalized spacial score (nSPS) is 15.9. The van der Waals surface area contributed by atoms with E-state index in [4.69, 9.17) is 4.74 Å². The van der Waals surface area contributed by atoms with E-state index in [1.54, 1.807) is 7.05 Å². The summed E-state index contributed by atoms with van der Waals surface area (Å²) in [7, 11) is -1.18. The number of aliphatic imine (C=N–C) groups is 1. The van der Waals surface area contributed by atoms with Crippen LogP contribution in [0.5, 0.6) is 0 Å². The monoisotopic (exact) mass is 552 g/mol. The van der Waals surface area contributed by atoms with E-state index in [2.05, 4.69) is 58.2 Å². The van der Waals surface area contributed by atoms with Crippen LogP contribution in [0.4, 0.5) is 0 Å². The van der Waals surface area contributed by atoms with Crippen LogP contribution >= 0.6 is 24.0 Å². The van der Waals surface area contributed by atoms with Gasteiger partial charge in [0.15, 0.2) is 5.96 Å². The van der Waals surface area contributed by atoms with Crippen LogP contribution in [0.25, 0.3) is 0 Å². The number of hydrogen-bond donors (Lipinski definition) is 1. The second-order valence-electron chi connectivity index (χ2n) is 7.88. The molecule has 0 unspecified atom stereocenters. The highest BCUT2D eigenvalue weighted by Crippen LogP contribution is 2.16. The molecule has 0 aliphatic carbocycles. The third kappa shape index (κ3) is 9.93. The van der Waals surface area contributed by atoms with Gasteiger partial charge in [0.05, 0.1) is 19.0 Å². The van der Waals surface area contributed by atoms with Crippen molar-refractivity contribution in [2.45, 2.75) is 26.3 Å². The summed E-state index contributed by atoms with van der Waals surface area (Å²) >= 11 is 0. The molecule has 1 aliphatic rings. The van der Waals surface area contributed by atoms with Gasteiger partial charge in [-0.1, -0.05) is 38.1 Å². The summed E-state index contributed by atoms with van der Waals surface area (Å²) in [6, 6.07) is 8.96.